The van der Waals surface area contributed by atoms with E-state index in [1.54, 1.807) is 19.9 Å². The van der Waals surface area contributed by atoms with Crippen LogP contribution in [0, 0.1) is 0 Å². The SMILES string of the molecule is CCNC(=O)NC(=O)C(C)Sc1nnc(-c2ccccc2Cl)n1-c1ccc(OCC)cc1. The van der Waals surface area contributed by atoms with Crippen LogP contribution >= 0.6 is 23.4 Å². The molecule has 2 N–H and O–H groups in total. The molecule has 10 heteroatoms. The number of halogens is 1. The Morgan fingerprint density at radius 1 is 1.12 bits per heavy atom. The number of rotatable bonds is 8. The van der Waals surface area contributed by atoms with E-state index < -0.39 is 17.2 Å². The number of urea groups is 1. The molecule has 1 aromatic heterocycles. The molecule has 0 aliphatic carbocycles. The molecule has 0 spiro atoms. The average Bonchev–Trinajstić information content (AvgIpc) is 3.18. The van der Waals surface area contributed by atoms with E-state index in [9.17, 15) is 9.59 Å². The summed E-state index contributed by atoms with van der Waals surface area (Å²) in [7, 11) is 0. The fourth-order valence-electron chi connectivity index (χ4n) is 2.88. The second-order valence-corrected chi connectivity index (χ2v) is 8.37. The summed E-state index contributed by atoms with van der Waals surface area (Å²) in [6.07, 6.45) is 0. The first-order valence-corrected chi connectivity index (χ1v) is 11.4. The lowest BCUT2D eigenvalue weighted by Crippen LogP contribution is -2.42. The number of carbonyl (C=O) groups excluding carboxylic acids is 2. The third kappa shape index (κ3) is 5.60. The predicted molar refractivity (Wildman–Crippen MR) is 126 cm³/mol. The van der Waals surface area contributed by atoms with E-state index in [1.807, 2.05) is 54.0 Å². The molecular weight excluding hydrogens is 450 g/mol. The molecule has 1 heterocycles. The summed E-state index contributed by atoms with van der Waals surface area (Å²) in [6.45, 7) is 6.39. The summed E-state index contributed by atoms with van der Waals surface area (Å²) in [5.74, 6) is 0.854. The average molecular weight is 474 g/mol. The van der Waals surface area contributed by atoms with Gasteiger partial charge in [0.05, 0.1) is 16.9 Å². The summed E-state index contributed by atoms with van der Waals surface area (Å²) in [5.41, 5.74) is 1.49. The van der Waals surface area contributed by atoms with Gasteiger partial charge in [-0.2, -0.15) is 0 Å². The van der Waals surface area contributed by atoms with Gasteiger partial charge in [0, 0.05) is 17.8 Å². The van der Waals surface area contributed by atoms with Crippen molar-refractivity contribution in [3.05, 3.63) is 53.6 Å². The molecule has 0 fully saturated rings. The van der Waals surface area contributed by atoms with Gasteiger partial charge >= 0.3 is 6.03 Å². The minimum atomic E-state index is -0.595. The van der Waals surface area contributed by atoms with Crippen molar-refractivity contribution < 1.29 is 14.3 Å². The van der Waals surface area contributed by atoms with Crippen LogP contribution in [0.5, 0.6) is 5.75 Å². The predicted octanol–water partition coefficient (Wildman–Crippen LogP) is 4.31. The van der Waals surface area contributed by atoms with Crippen LogP contribution in [0.15, 0.2) is 53.7 Å². The number of carbonyl (C=O) groups is 2. The van der Waals surface area contributed by atoms with Gasteiger partial charge in [-0.05, 0) is 57.2 Å². The van der Waals surface area contributed by atoms with E-state index in [1.165, 1.54) is 11.8 Å². The van der Waals surface area contributed by atoms with E-state index in [-0.39, 0.29) is 0 Å². The highest BCUT2D eigenvalue weighted by Crippen LogP contribution is 2.33. The molecule has 0 saturated carbocycles. The van der Waals surface area contributed by atoms with Crippen LogP contribution in [0.1, 0.15) is 20.8 Å². The Morgan fingerprint density at radius 2 is 1.84 bits per heavy atom. The quantitative estimate of drug-likeness (QED) is 0.473. The van der Waals surface area contributed by atoms with Crippen molar-refractivity contribution in [2.45, 2.75) is 31.2 Å². The van der Waals surface area contributed by atoms with Crippen LogP contribution in [0.25, 0.3) is 17.1 Å². The molecule has 0 aliphatic rings. The first-order valence-electron chi connectivity index (χ1n) is 10.1. The summed E-state index contributed by atoms with van der Waals surface area (Å²) in [6, 6.07) is 14.3. The first-order chi connectivity index (χ1) is 15.4. The largest absolute Gasteiger partial charge is 0.494 e. The fraction of sp³-hybridized carbons (Fsp3) is 0.273. The molecule has 32 heavy (non-hydrogen) atoms. The molecule has 0 saturated heterocycles. The number of nitrogens with zero attached hydrogens (tertiary/aromatic N) is 3. The Balaban J connectivity index is 1.97. The van der Waals surface area contributed by atoms with Crippen molar-refractivity contribution >= 4 is 35.3 Å². The second kappa shape index (κ2) is 11.0. The van der Waals surface area contributed by atoms with Crippen molar-refractivity contribution in [2.75, 3.05) is 13.2 Å². The van der Waals surface area contributed by atoms with Crippen molar-refractivity contribution in [1.29, 1.82) is 0 Å². The zero-order valence-corrected chi connectivity index (χ0v) is 19.5. The van der Waals surface area contributed by atoms with Gasteiger partial charge < -0.3 is 10.1 Å². The van der Waals surface area contributed by atoms with Crippen LogP contribution in [-0.4, -0.2) is 45.1 Å². The lowest BCUT2D eigenvalue weighted by Gasteiger charge is -2.14. The van der Waals surface area contributed by atoms with Crippen LogP contribution in [0.2, 0.25) is 5.02 Å². The monoisotopic (exact) mass is 473 g/mol. The number of aromatic nitrogens is 3. The number of thioether (sulfide) groups is 1. The van der Waals surface area contributed by atoms with Gasteiger partial charge in [-0.25, -0.2) is 4.79 Å². The third-order valence-electron chi connectivity index (χ3n) is 4.38. The lowest BCUT2D eigenvalue weighted by molar-refractivity contribution is -0.119. The highest BCUT2D eigenvalue weighted by Gasteiger charge is 2.23. The van der Waals surface area contributed by atoms with Gasteiger partial charge in [0.15, 0.2) is 11.0 Å². The number of hydrogen-bond donors (Lipinski definition) is 2. The maximum Gasteiger partial charge on any atom is 0.321 e. The molecule has 3 rings (SSSR count). The van der Waals surface area contributed by atoms with Crippen molar-refractivity contribution in [3.8, 4) is 22.8 Å². The molecule has 1 atom stereocenters. The molecule has 2 aromatic carbocycles. The lowest BCUT2D eigenvalue weighted by atomic mass is 10.2. The van der Waals surface area contributed by atoms with Gasteiger partial charge in [-0.3, -0.25) is 14.7 Å². The molecule has 0 bridgehead atoms. The number of amides is 3. The summed E-state index contributed by atoms with van der Waals surface area (Å²) >= 11 is 7.61. The zero-order valence-electron chi connectivity index (χ0n) is 18.0. The number of nitrogens with one attached hydrogen (secondary N) is 2. The van der Waals surface area contributed by atoms with E-state index in [4.69, 9.17) is 16.3 Å². The highest BCUT2D eigenvalue weighted by atomic mass is 35.5. The number of ether oxygens (including phenoxy) is 1. The zero-order chi connectivity index (χ0) is 23.1. The molecule has 168 valence electrons. The molecule has 0 radical (unpaired) electrons. The van der Waals surface area contributed by atoms with Gasteiger partial charge in [0.1, 0.15) is 5.75 Å². The standard InChI is InChI=1S/C22H24ClN5O3S/c1-4-24-21(30)25-20(29)14(3)32-22-27-26-19(17-8-6-7-9-18(17)23)28(22)15-10-12-16(13-11-15)31-5-2/h6-14H,4-5H2,1-3H3,(H2,24,25,29,30). The van der Waals surface area contributed by atoms with Gasteiger partial charge in [0.25, 0.3) is 0 Å². The molecule has 3 aromatic rings. The minimum absolute atomic E-state index is 0.425. The fourth-order valence-corrected chi connectivity index (χ4v) is 3.97. The van der Waals surface area contributed by atoms with Crippen LogP contribution in [0.3, 0.4) is 0 Å². The Labute approximate surface area is 195 Å². The topological polar surface area (TPSA) is 98.1 Å². The highest BCUT2D eigenvalue weighted by molar-refractivity contribution is 8.00. The molecule has 1 unspecified atom stereocenters. The Morgan fingerprint density at radius 3 is 2.50 bits per heavy atom. The third-order valence-corrected chi connectivity index (χ3v) is 5.75. The Kier molecular flexibility index (Phi) is 8.13. The summed E-state index contributed by atoms with van der Waals surface area (Å²) in [5, 5.41) is 14.0. The molecular formula is C22H24ClN5O3S. The normalized spacial score (nSPS) is 11.6. The number of imide groups is 1. The van der Waals surface area contributed by atoms with Crippen LogP contribution in [0.4, 0.5) is 4.79 Å². The van der Waals surface area contributed by atoms with Crippen LogP contribution < -0.4 is 15.4 Å². The number of benzene rings is 2. The minimum Gasteiger partial charge on any atom is -0.494 e. The molecule has 8 nitrogen and oxygen atoms in total. The maximum absolute atomic E-state index is 12.4. The van der Waals surface area contributed by atoms with E-state index >= 15 is 0 Å². The Hall–Kier alpha value is -3.04. The first kappa shape index (κ1) is 23.6. The Bertz CT molecular complexity index is 1090. The van der Waals surface area contributed by atoms with Crippen molar-refractivity contribution in [2.24, 2.45) is 0 Å². The molecule has 0 aliphatic heterocycles. The van der Waals surface area contributed by atoms with Gasteiger partial charge in [0.2, 0.25) is 5.91 Å². The summed E-state index contributed by atoms with van der Waals surface area (Å²) in [4.78, 5) is 24.1. The van der Waals surface area contributed by atoms with Gasteiger partial charge in [-0.15, -0.1) is 10.2 Å². The maximum atomic E-state index is 12.4. The van der Waals surface area contributed by atoms with E-state index in [0.29, 0.717) is 34.7 Å². The van der Waals surface area contributed by atoms with Crippen molar-refractivity contribution in [1.82, 2.24) is 25.4 Å². The van der Waals surface area contributed by atoms with Crippen molar-refractivity contribution in [3.63, 3.8) is 0 Å². The number of hydrogen-bond acceptors (Lipinski definition) is 6. The smallest absolute Gasteiger partial charge is 0.321 e. The van der Waals surface area contributed by atoms with Gasteiger partial charge in [-0.1, -0.05) is 35.5 Å². The van der Waals surface area contributed by atoms with E-state index in [0.717, 1.165) is 11.4 Å². The molecule has 3 amide bonds. The van der Waals surface area contributed by atoms with E-state index in [2.05, 4.69) is 20.8 Å². The summed E-state index contributed by atoms with van der Waals surface area (Å²) < 4.78 is 7.37. The van der Waals surface area contributed by atoms with Crippen LogP contribution in [-0.2, 0) is 4.79 Å². The second-order valence-electron chi connectivity index (χ2n) is 6.66.